The Kier molecular flexibility index (Phi) is 3.15. The van der Waals surface area contributed by atoms with Crippen molar-refractivity contribution in [3.63, 3.8) is 0 Å². The first-order valence-electron chi connectivity index (χ1n) is 7.07. The van der Waals surface area contributed by atoms with Crippen LogP contribution in [0.25, 0.3) is 0 Å². The largest absolute Gasteiger partial charge is 0.506 e. The fourth-order valence-corrected chi connectivity index (χ4v) is 2.95. The van der Waals surface area contributed by atoms with Crippen molar-refractivity contribution >= 4 is 11.6 Å². The minimum atomic E-state index is 0.165. The Balaban J connectivity index is 1.71. The maximum atomic E-state index is 10.1. The summed E-state index contributed by atoms with van der Waals surface area (Å²) in [5.74, 6) is 0.165. The van der Waals surface area contributed by atoms with Crippen molar-refractivity contribution in [3.05, 3.63) is 27.8 Å². The van der Waals surface area contributed by atoms with Crippen LogP contribution in [-0.4, -0.2) is 43.2 Å². The van der Waals surface area contributed by atoms with E-state index in [-0.39, 0.29) is 11.9 Å². The highest BCUT2D eigenvalue weighted by atomic mass is 35.5. The van der Waals surface area contributed by atoms with E-state index in [2.05, 4.69) is 0 Å². The van der Waals surface area contributed by atoms with Gasteiger partial charge in [0.05, 0.1) is 43.2 Å². The molecular weight excluding hydrogens is 280 g/mol. The van der Waals surface area contributed by atoms with Crippen LogP contribution in [0.15, 0.2) is 6.07 Å². The first kappa shape index (κ1) is 12.9. The van der Waals surface area contributed by atoms with Crippen LogP contribution >= 0.6 is 11.6 Å². The average molecular weight is 297 g/mol. The lowest BCUT2D eigenvalue weighted by atomic mass is 9.91. The summed E-state index contributed by atoms with van der Waals surface area (Å²) in [6.45, 7) is 2.41. The second-order valence-corrected chi connectivity index (χ2v) is 6.18. The van der Waals surface area contributed by atoms with Gasteiger partial charge in [0.25, 0.3) is 0 Å². The molecule has 0 aromatic heterocycles. The zero-order valence-electron chi connectivity index (χ0n) is 11.1. The highest BCUT2D eigenvalue weighted by molar-refractivity contribution is 6.33. The zero-order valence-corrected chi connectivity index (χ0v) is 11.9. The highest BCUT2D eigenvalue weighted by Crippen LogP contribution is 2.38. The van der Waals surface area contributed by atoms with Crippen molar-refractivity contribution in [2.24, 2.45) is 0 Å². The second-order valence-electron chi connectivity index (χ2n) is 5.80. The minimum absolute atomic E-state index is 0.165. The fraction of sp³-hybridized carbons (Fsp3) is 0.600. The SMILES string of the molecule is Oc1cc(CC2CO2)c(CC2CO2)c(CC2CO2)c1Cl. The Bertz CT molecular complexity index is 533. The van der Waals surface area contributed by atoms with Gasteiger partial charge in [-0.1, -0.05) is 11.6 Å². The third-order valence-corrected chi connectivity index (χ3v) is 4.49. The van der Waals surface area contributed by atoms with Crippen LogP contribution in [0.2, 0.25) is 5.02 Å². The molecule has 3 fully saturated rings. The van der Waals surface area contributed by atoms with Crippen LogP contribution in [-0.2, 0) is 33.5 Å². The predicted octanol–water partition coefficient (Wildman–Crippen LogP) is 1.87. The third kappa shape index (κ3) is 2.79. The minimum Gasteiger partial charge on any atom is -0.506 e. The van der Waals surface area contributed by atoms with Gasteiger partial charge in [0, 0.05) is 19.3 Å². The lowest BCUT2D eigenvalue weighted by Gasteiger charge is -2.16. The van der Waals surface area contributed by atoms with Crippen molar-refractivity contribution < 1.29 is 19.3 Å². The predicted molar refractivity (Wildman–Crippen MR) is 73.4 cm³/mol. The van der Waals surface area contributed by atoms with Gasteiger partial charge in [0.2, 0.25) is 0 Å². The van der Waals surface area contributed by atoms with E-state index < -0.39 is 0 Å². The number of hydrogen-bond donors (Lipinski definition) is 1. The van der Waals surface area contributed by atoms with E-state index in [1.165, 1.54) is 5.56 Å². The van der Waals surface area contributed by atoms with Crippen LogP contribution in [0.5, 0.6) is 5.75 Å². The van der Waals surface area contributed by atoms with Gasteiger partial charge in [-0.25, -0.2) is 0 Å². The molecule has 0 saturated carbocycles. The Morgan fingerprint density at radius 2 is 1.45 bits per heavy atom. The lowest BCUT2D eigenvalue weighted by Crippen LogP contribution is -2.09. The lowest BCUT2D eigenvalue weighted by molar-refractivity contribution is 0.397. The van der Waals surface area contributed by atoms with E-state index in [0.29, 0.717) is 17.2 Å². The summed E-state index contributed by atoms with van der Waals surface area (Å²) in [6, 6.07) is 1.79. The molecule has 4 nitrogen and oxygen atoms in total. The Hall–Kier alpha value is -0.810. The quantitative estimate of drug-likeness (QED) is 0.814. The maximum Gasteiger partial charge on any atom is 0.134 e. The van der Waals surface area contributed by atoms with Gasteiger partial charge >= 0.3 is 0 Å². The first-order valence-corrected chi connectivity index (χ1v) is 7.45. The maximum absolute atomic E-state index is 10.1. The fourth-order valence-electron chi connectivity index (χ4n) is 2.70. The molecule has 5 heteroatoms. The van der Waals surface area contributed by atoms with Crippen LogP contribution in [0.1, 0.15) is 16.7 Å². The second kappa shape index (κ2) is 4.88. The van der Waals surface area contributed by atoms with E-state index in [0.717, 1.165) is 50.2 Å². The first-order chi connectivity index (χ1) is 9.70. The molecule has 0 radical (unpaired) electrons. The van der Waals surface area contributed by atoms with Crippen LogP contribution in [0.4, 0.5) is 0 Å². The molecule has 3 aliphatic heterocycles. The number of benzene rings is 1. The number of rotatable bonds is 6. The van der Waals surface area contributed by atoms with E-state index in [1.807, 2.05) is 0 Å². The van der Waals surface area contributed by atoms with Gasteiger partial charge in [0.15, 0.2) is 0 Å². The number of ether oxygens (including phenoxy) is 3. The van der Waals surface area contributed by atoms with Gasteiger partial charge in [-0.15, -0.1) is 0 Å². The normalized spacial score (nSPS) is 30.4. The molecule has 3 heterocycles. The third-order valence-electron chi connectivity index (χ3n) is 4.07. The molecule has 1 aromatic rings. The monoisotopic (exact) mass is 296 g/mol. The number of aromatic hydroxyl groups is 1. The summed E-state index contributed by atoms with van der Waals surface area (Å²) < 4.78 is 16.0. The molecule has 108 valence electrons. The highest BCUT2D eigenvalue weighted by Gasteiger charge is 2.32. The van der Waals surface area contributed by atoms with E-state index in [9.17, 15) is 5.11 Å². The topological polar surface area (TPSA) is 57.8 Å². The summed E-state index contributed by atoms with van der Waals surface area (Å²) in [7, 11) is 0. The zero-order chi connectivity index (χ0) is 13.7. The Morgan fingerprint density at radius 3 is 2.00 bits per heavy atom. The van der Waals surface area contributed by atoms with Gasteiger partial charge in [-0.2, -0.15) is 0 Å². The Morgan fingerprint density at radius 1 is 0.950 bits per heavy atom. The van der Waals surface area contributed by atoms with Crippen molar-refractivity contribution in [3.8, 4) is 5.75 Å². The number of halogens is 1. The summed E-state index contributed by atoms with van der Waals surface area (Å²) in [6.07, 6.45) is 3.31. The van der Waals surface area contributed by atoms with Gasteiger partial charge in [0.1, 0.15) is 5.75 Å². The van der Waals surface area contributed by atoms with Crippen LogP contribution in [0, 0.1) is 0 Å². The molecule has 3 unspecified atom stereocenters. The molecule has 0 bridgehead atoms. The number of phenolic OH excluding ortho intramolecular Hbond substituents is 1. The van der Waals surface area contributed by atoms with Gasteiger partial charge in [-0.3, -0.25) is 0 Å². The van der Waals surface area contributed by atoms with Gasteiger partial charge in [-0.05, 0) is 22.8 Å². The Labute approximate surface area is 122 Å². The summed E-state index contributed by atoms with van der Waals surface area (Å²) in [4.78, 5) is 0. The molecule has 1 N–H and O–H groups in total. The standard InChI is InChI=1S/C15H17ClO4/c16-15-13(4-11-7-20-11)12(3-10-6-19-10)8(2-14(15)17)1-9-5-18-9/h2,9-11,17H,1,3-7H2. The number of phenols is 1. The molecule has 1 aromatic carbocycles. The van der Waals surface area contributed by atoms with Crippen molar-refractivity contribution in [1.29, 1.82) is 0 Å². The van der Waals surface area contributed by atoms with E-state index in [4.69, 9.17) is 25.8 Å². The summed E-state index contributed by atoms with van der Waals surface area (Å²) in [5.41, 5.74) is 3.39. The molecule has 4 rings (SSSR count). The molecule has 0 amide bonds. The van der Waals surface area contributed by atoms with Crippen LogP contribution in [0.3, 0.4) is 0 Å². The average Bonchev–Trinajstić information content (AvgIpc) is 3.22. The summed E-state index contributed by atoms with van der Waals surface area (Å²) in [5, 5.41) is 10.5. The molecule has 0 spiro atoms. The van der Waals surface area contributed by atoms with E-state index >= 15 is 0 Å². The molecule has 3 atom stereocenters. The van der Waals surface area contributed by atoms with Crippen molar-refractivity contribution in [2.75, 3.05) is 19.8 Å². The molecule has 0 aliphatic carbocycles. The summed E-state index contributed by atoms with van der Waals surface area (Å²) >= 11 is 6.32. The van der Waals surface area contributed by atoms with Gasteiger partial charge < -0.3 is 19.3 Å². The van der Waals surface area contributed by atoms with Crippen LogP contribution < -0.4 is 0 Å². The van der Waals surface area contributed by atoms with E-state index in [1.54, 1.807) is 6.07 Å². The van der Waals surface area contributed by atoms with Crippen molar-refractivity contribution in [2.45, 2.75) is 37.6 Å². The number of hydrogen-bond acceptors (Lipinski definition) is 4. The smallest absolute Gasteiger partial charge is 0.134 e. The van der Waals surface area contributed by atoms with Crippen molar-refractivity contribution in [1.82, 2.24) is 0 Å². The molecule has 3 aliphatic rings. The molecule has 20 heavy (non-hydrogen) atoms. The molecule has 3 saturated heterocycles. The molecular formula is C15H17ClO4. The number of epoxide rings is 3.